The molecule has 2 rings (SSSR count). The number of halogens is 5. The molecular weight excluding hydrogens is 364 g/mol. The number of nitrogens with zero attached hydrogens (tertiary/aromatic N) is 1. The number of hydrogen-bond acceptors (Lipinski definition) is 4. The maximum Gasteiger partial charge on any atom is 0.417 e. The number of nitrogens with two attached hydrogens (primary N) is 1. The Balaban J connectivity index is 2.59. The maximum atomic E-state index is 12.6. The topological polar surface area (TPSA) is 73.0 Å². The van der Waals surface area contributed by atoms with Crippen molar-refractivity contribution in [2.24, 2.45) is 5.73 Å². The summed E-state index contributed by atoms with van der Waals surface area (Å²) in [5.41, 5.74) is 4.33. The first kappa shape index (κ1) is 16.9. The lowest BCUT2D eigenvalue weighted by Crippen LogP contribution is -2.24. The predicted octanol–water partition coefficient (Wildman–Crippen LogP) is 2.87. The summed E-state index contributed by atoms with van der Waals surface area (Å²) in [5.74, 6) is -1.00. The third-order valence-corrected chi connectivity index (χ3v) is 4.38. The van der Waals surface area contributed by atoms with Crippen molar-refractivity contribution in [3.05, 3.63) is 51.4 Å². The Hall–Kier alpha value is -1.51. The van der Waals surface area contributed by atoms with Crippen molar-refractivity contribution in [2.45, 2.75) is 12.1 Å². The van der Waals surface area contributed by atoms with Gasteiger partial charge >= 0.3 is 6.18 Å². The second kappa shape index (κ2) is 5.94. The highest BCUT2D eigenvalue weighted by atomic mass is 35.5. The maximum absolute atomic E-state index is 12.6. The molecule has 0 radical (unpaired) electrons. The summed E-state index contributed by atoms with van der Waals surface area (Å²) >= 11 is 11.6. The monoisotopic (exact) mass is 370 g/mol. The van der Waals surface area contributed by atoms with Crippen LogP contribution < -0.4 is 5.73 Å². The van der Waals surface area contributed by atoms with Crippen LogP contribution >= 0.6 is 23.2 Å². The summed E-state index contributed by atoms with van der Waals surface area (Å²) in [7, 11) is -2.74. The van der Waals surface area contributed by atoms with Crippen molar-refractivity contribution in [3.8, 4) is 0 Å². The summed E-state index contributed by atoms with van der Waals surface area (Å²) in [5, 5.41) is -0.309. The zero-order chi connectivity index (χ0) is 16.7. The van der Waals surface area contributed by atoms with Gasteiger partial charge in [0.25, 0.3) is 0 Å². The van der Waals surface area contributed by atoms with Gasteiger partial charge in [-0.1, -0.05) is 29.3 Å². The van der Waals surface area contributed by atoms with E-state index in [2.05, 4.69) is 4.98 Å². The highest BCUT2D eigenvalue weighted by Crippen LogP contribution is 2.35. The van der Waals surface area contributed by atoms with Gasteiger partial charge in [0.05, 0.1) is 32.9 Å². The van der Waals surface area contributed by atoms with Crippen LogP contribution in [-0.2, 0) is 16.5 Å². The van der Waals surface area contributed by atoms with E-state index in [-0.39, 0.29) is 26.3 Å². The van der Waals surface area contributed by atoms with Gasteiger partial charge in [-0.25, -0.2) is 0 Å². The Kier molecular flexibility index (Phi) is 4.55. The molecule has 0 saturated heterocycles. The minimum absolute atomic E-state index is 0.0125. The van der Waals surface area contributed by atoms with E-state index >= 15 is 0 Å². The van der Waals surface area contributed by atoms with Crippen molar-refractivity contribution in [1.29, 1.82) is 0 Å². The molecular formula is C12H7Cl2F3N2O2S. The molecule has 0 saturated carbocycles. The Bertz CT molecular complexity index is 821. The molecule has 0 fully saturated rings. The van der Waals surface area contributed by atoms with E-state index in [4.69, 9.17) is 28.9 Å². The molecule has 1 atom stereocenters. The van der Waals surface area contributed by atoms with E-state index in [1.165, 1.54) is 12.2 Å². The highest BCUT2D eigenvalue weighted by molar-refractivity contribution is 7.73. The molecule has 4 nitrogen and oxygen atoms in total. The first-order chi connectivity index (χ1) is 10.1. The number of pyridine rings is 1. The van der Waals surface area contributed by atoms with E-state index in [1.54, 1.807) is 0 Å². The molecule has 10 heteroatoms. The average molecular weight is 371 g/mol. The minimum atomic E-state index is -4.60. The molecule has 0 aliphatic heterocycles. The van der Waals surface area contributed by atoms with Crippen molar-refractivity contribution in [1.82, 2.24) is 4.98 Å². The molecule has 1 heterocycles. The number of rotatable bonds is 1. The largest absolute Gasteiger partial charge is 0.417 e. The third-order valence-electron chi connectivity index (χ3n) is 2.91. The van der Waals surface area contributed by atoms with Crippen molar-refractivity contribution in [2.75, 3.05) is 0 Å². The van der Waals surface area contributed by atoms with E-state index in [1.807, 2.05) is 0 Å². The van der Waals surface area contributed by atoms with Gasteiger partial charge < -0.3 is 5.73 Å². The zero-order valence-corrected chi connectivity index (χ0v) is 12.9. The van der Waals surface area contributed by atoms with Crippen LogP contribution in [-0.4, -0.2) is 18.3 Å². The molecule has 0 spiro atoms. The smallest absolute Gasteiger partial charge is 0.396 e. The van der Waals surface area contributed by atoms with Gasteiger partial charge in [-0.15, -0.1) is 0 Å². The number of hydrogen-bond donors (Lipinski definition) is 1. The van der Waals surface area contributed by atoms with Gasteiger partial charge in [-0.3, -0.25) is 4.98 Å². The van der Waals surface area contributed by atoms with Crippen LogP contribution in [0.5, 0.6) is 0 Å². The fraction of sp³-hybridized carbons (Fsp3) is 0.167. The van der Waals surface area contributed by atoms with E-state index < -0.39 is 28.0 Å². The molecule has 0 bridgehead atoms. The predicted molar refractivity (Wildman–Crippen MR) is 77.1 cm³/mol. The number of aromatic nitrogens is 1. The summed E-state index contributed by atoms with van der Waals surface area (Å²) in [6.07, 6.45) is -1.33. The lowest BCUT2D eigenvalue weighted by molar-refractivity contribution is -0.137. The fourth-order valence-corrected chi connectivity index (χ4v) is 3.09. The van der Waals surface area contributed by atoms with E-state index in [0.29, 0.717) is 12.3 Å². The van der Waals surface area contributed by atoms with Gasteiger partial charge in [0, 0.05) is 6.20 Å². The lowest BCUT2D eigenvalue weighted by Gasteiger charge is -2.19. The van der Waals surface area contributed by atoms with Crippen LogP contribution in [0, 0.1) is 0 Å². The van der Waals surface area contributed by atoms with E-state index in [0.717, 1.165) is 0 Å². The van der Waals surface area contributed by atoms with E-state index in [9.17, 15) is 21.6 Å². The second-order valence-corrected chi connectivity index (χ2v) is 6.01. The number of alkyl halides is 3. The first-order valence-corrected chi connectivity index (χ1v) is 7.48. The molecule has 22 heavy (non-hydrogen) atoms. The average Bonchev–Trinajstić information content (AvgIpc) is 2.40. The number of allylic oxidation sites excluding steroid dienone is 4. The Labute approximate surface area is 134 Å². The molecule has 0 aromatic carbocycles. The Morgan fingerprint density at radius 1 is 1.27 bits per heavy atom. The minimum Gasteiger partial charge on any atom is -0.396 e. The van der Waals surface area contributed by atoms with Gasteiger partial charge in [0.15, 0.2) is 0 Å². The summed E-state index contributed by atoms with van der Waals surface area (Å²) < 4.78 is 60.5. The molecule has 1 aromatic rings. The van der Waals surface area contributed by atoms with Crippen LogP contribution in [0.1, 0.15) is 17.2 Å². The van der Waals surface area contributed by atoms with Crippen molar-refractivity contribution < 1.29 is 21.6 Å². The third kappa shape index (κ3) is 3.13. The molecule has 118 valence electrons. The van der Waals surface area contributed by atoms with Gasteiger partial charge in [0.1, 0.15) is 4.86 Å². The highest BCUT2D eigenvalue weighted by Gasteiger charge is 2.33. The quantitative estimate of drug-likeness (QED) is 0.771. The summed E-state index contributed by atoms with van der Waals surface area (Å²) in [6.45, 7) is 0. The molecule has 1 aliphatic rings. The normalized spacial score (nSPS) is 18.8. The van der Waals surface area contributed by atoms with Crippen LogP contribution in [0.15, 0.2) is 35.1 Å². The molecule has 1 aliphatic carbocycles. The Morgan fingerprint density at radius 3 is 2.41 bits per heavy atom. The van der Waals surface area contributed by atoms with Crippen LogP contribution in [0.4, 0.5) is 13.2 Å². The molecule has 1 unspecified atom stereocenters. The van der Waals surface area contributed by atoms with Gasteiger partial charge in [-0.05, 0) is 12.1 Å². The van der Waals surface area contributed by atoms with Crippen molar-refractivity contribution in [3.63, 3.8) is 0 Å². The van der Waals surface area contributed by atoms with Gasteiger partial charge in [0.2, 0.25) is 10.3 Å². The van der Waals surface area contributed by atoms with Crippen molar-refractivity contribution >= 4 is 38.4 Å². The van der Waals surface area contributed by atoms with Crippen LogP contribution in [0.25, 0.3) is 0 Å². The SMILES string of the molecule is NC1=C(Cl)C=CC(c2ncc(C(F)(F)F)cc2Cl)C1=S(=O)=O. The first-order valence-electron chi connectivity index (χ1n) is 5.65. The summed E-state index contributed by atoms with van der Waals surface area (Å²) in [4.78, 5) is 3.35. The van der Waals surface area contributed by atoms with Crippen LogP contribution in [0.2, 0.25) is 5.02 Å². The second-order valence-electron chi connectivity index (χ2n) is 4.29. The van der Waals surface area contributed by atoms with Gasteiger partial charge in [-0.2, -0.15) is 21.6 Å². The Morgan fingerprint density at radius 2 is 1.91 bits per heavy atom. The lowest BCUT2D eigenvalue weighted by atomic mass is 9.94. The zero-order valence-electron chi connectivity index (χ0n) is 10.5. The molecule has 0 amide bonds. The fourth-order valence-electron chi connectivity index (χ4n) is 1.88. The summed E-state index contributed by atoms with van der Waals surface area (Å²) in [6, 6.07) is 0.680. The standard InChI is InChI=1S/C12H7Cl2F3N2O2S/c13-7-2-1-6(11(9(7)18)22(20)21)10-8(14)3-5(4-19-10)12(15,16)17/h1-4,6H,18H2. The van der Waals surface area contributed by atoms with Crippen LogP contribution in [0.3, 0.4) is 0 Å². The molecule has 2 N–H and O–H groups in total. The molecule has 1 aromatic heterocycles.